The quantitative estimate of drug-likeness (QED) is 0.867. The average molecular weight is 276 g/mol. The number of hydrogen-bond acceptors (Lipinski definition) is 3. The molecule has 1 saturated heterocycles. The van der Waals surface area contributed by atoms with Gasteiger partial charge in [-0.1, -0.05) is 25.5 Å². The van der Waals surface area contributed by atoms with Gasteiger partial charge in [0, 0.05) is 19.3 Å². The Kier molecular flexibility index (Phi) is 5.41. The van der Waals surface area contributed by atoms with Gasteiger partial charge in [-0.2, -0.15) is 0 Å². The Morgan fingerprint density at radius 1 is 1.35 bits per heavy atom. The molecule has 2 rings (SSSR count). The second-order valence-electron chi connectivity index (χ2n) is 5.33. The summed E-state index contributed by atoms with van der Waals surface area (Å²) >= 11 is 0. The molecule has 4 heteroatoms. The van der Waals surface area contributed by atoms with Crippen LogP contribution in [0.1, 0.15) is 25.3 Å². The van der Waals surface area contributed by atoms with E-state index >= 15 is 0 Å². The third-order valence-corrected chi connectivity index (χ3v) is 3.97. The molecule has 0 spiro atoms. The fraction of sp³-hybridized carbons (Fsp3) is 0.562. The molecule has 0 aromatic heterocycles. The summed E-state index contributed by atoms with van der Waals surface area (Å²) in [5.41, 5.74) is 2.13. The SMILES string of the molecule is CCC1CCOCC1Nc1ccc(CC(=O)NC)cc1. The number of amides is 1. The third-order valence-electron chi connectivity index (χ3n) is 3.97. The third kappa shape index (κ3) is 3.97. The minimum absolute atomic E-state index is 0.0393. The molecule has 1 aliphatic rings. The summed E-state index contributed by atoms with van der Waals surface area (Å²) in [5.74, 6) is 0.715. The van der Waals surface area contributed by atoms with Crippen molar-refractivity contribution in [2.75, 3.05) is 25.6 Å². The second kappa shape index (κ2) is 7.29. The monoisotopic (exact) mass is 276 g/mol. The van der Waals surface area contributed by atoms with E-state index in [-0.39, 0.29) is 5.91 Å². The molecule has 0 bridgehead atoms. The van der Waals surface area contributed by atoms with Gasteiger partial charge in [0.2, 0.25) is 5.91 Å². The first-order valence-electron chi connectivity index (χ1n) is 7.36. The number of rotatable bonds is 5. The highest BCUT2D eigenvalue weighted by Crippen LogP contribution is 2.22. The molecule has 1 fully saturated rings. The van der Waals surface area contributed by atoms with Crippen molar-refractivity contribution < 1.29 is 9.53 Å². The normalized spacial score (nSPS) is 22.3. The van der Waals surface area contributed by atoms with Crippen LogP contribution in [0.25, 0.3) is 0 Å². The van der Waals surface area contributed by atoms with Crippen LogP contribution in [0.5, 0.6) is 0 Å². The predicted octanol–water partition coefficient (Wildman–Crippen LogP) is 2.20. The van der Waals surface area contributed by atoms with Gasteiger partial charge in [-0.25, -0.2) is 0 Å². The van der Waals surface area contributed by atoms with Crippen molar-refractivity contribution in [3.05, 3.63) is 29.8 Å². The number of likely N-dealkylation sites (N-methyl/N-ethyl adjacent to an activating group) is 1. The molecule has 2 N–H and O–H groups in total. The summed E-state index contributed by atoms with van der Waals surface area (Å²) in [7, 11) is 1.66. The van der Waals surface area contributed by atoms with Crippen molar-refractivity contribution in [1.29, 1.82) is 0 Å². The molecule has 0 radical (unpaired) electrons. The molecule has 110 valence electrons. The highest BCUT2D eigenvalue weighted by Gasteiger charge is 2.23. The van der Waals surface area contributed by atoms with E-state index in [0.29, 0.717) is 18.4 Å². The molecule has 1 aromatic carbocycles. The molecular weight excluding hydrogens is 252 g/mol. The van der Waals surface area contributed by atoms with E-state index in [4.69, 9.17) is 4.74 Å². The van der Waals surface area contributed by atoms with Crippen LogP contribution in [0.2, 0.25) is 0 Å². The lowest BCUT2D eigenvalue weighted by Gasteiger charge is -2.32. The van der Waals surface area contributed by atoms with E-state index < -0.39 is 0 Å². The molecule has 1 amide bonds. The number of carbonyl (C=O) groups excluding carboxylic acids is 1. The van der Waals surface area contributed by atoms with Crippen molar-refractivity contribution in [1.82, 2.24) is 5.32 Å². The average Bonchev–Trinajstić information content (AvgIpc) is 2.49. The maximum absolute atomic E-state index is 11.3. The van der Waals surface area contributed by atoms with E-state index in [2.05, 4.69) is 17.6 Å². The van der Waals surface area contributed by atoms with Crippen molar-refractivity contribution in [3.63, 3.8) is 0 Å². The van der Waals surface area contributed by atoms with Crippen LogP contribution in [0, 0.1) is 5.92 Å². The molecule has 1 aromatic rings. The van der Waals surface area contributed by atoms with Crippen molar-refractivity contribution in [2.45, 2.75) is 32.2 Å². The lowest BCUT2D eigenvalue weighted by molar-refractivity contribution is -0.119. The zero-order valence-corrected chi connectivity index (χ0v) is 12.3. The Bertz CT molecular complexity index is 431. The summed E-state index contributed by atoms with van der Waals surface area (Å²) in [6.07, 6.45) is 2.74. The van der Waals surface area contributed by atoms with Crippen LogP contribution in [0.4, 0.5) is 5.69 Å². The standard InChI is InChI=1S/C16H24N2O2/c1-3-13-8-9-20-11-15(13)18-14-6-4-12(5-7-14)10-16(19)17-2/h4-7,13,15,18H,3,8-11H2,1-2H3,(H,17,19). The van der Waals surface area contributed by atoms with Gasteiger partial charge in [-0.05, 0) is 30.0 Å². The molecule has 1 heterocycles. The van der Waals surface area contributed by atoms with Crippen molar-refractivity contribution >= 4 is 11.6 Å². The van der Waals surface area contributed by atoms with Gasteiger partial charge in [0.15, 0.2) is 0 Å². The van der Waals surface area contributed by atoms with E-state index in [1.165, 1.54) is 6.42 Å². The molecule has 2 unspecified atom stereocenters. The Labute approximate surface area is 120 Å². The number of benzene rings is 1. The minimum Gasteiger partial charge on any atom is -0.380 e. The second-order valence-corrected chi connectivity index (χ2v) is 5.33. The van der Waals surface area contributed by atoms with Crippen LogP contribution >= 0.6 is 0 Å². The lowest BCUT2D eigenvalue weighted by Crippen LogP contribution is -2.38. The first kappa shape index (κ1) is 14.9. The van der Waals surface area contributed by atoms with Gasteiger partial charge in [0.25, 0.3) is 0 Å². The number of hydrogen-bond donors (Lipinski definition) is 2. The zero-order valence-electron chi connectivity index (χ0n) is 12.3. The summed E-state index contributed by atoms with van der Waals surface area (Å²) < 4.78 is 5.56. The Morgan fingerprint density at radius 3 is 2.75 bits per heavy atom. The molecule has 0 aliphatic carbocycles. The predicted molar refractivity (Wildman–Crippen MR) is 80.8 cm³/mol. The highest BCUT2D eigenvalue weighted by molar-refractivity contribution is 5.78. The first-order chi connectivity index (χ1) is 9.72. The number of carbonyl (C=O) groups is 1. The maximum atomic E-state index is 11.3. The fourth-order valence-corrected chi connectivity index (χ4v) is 2.64. The summed E-state index contributed by atoms with van der Waals surface area (Å²) in [6, 6.07) is 8.47. The van der Waals surface area contributed by atoms with E-state index in [1.54, 1.807) is 7.05 Å². The Morgan fingerprint density at radius 2 is 2.10 bits per heavy atom. The van der Waals surface area contributed by atoms with Crippen LogP contribution < -0.4 is 10.6 Å². The van der Waals surface area contributed by atoms with Gasteiger partial charge in [-0.15, -0.1) is 0 Å². The van der Waals surface area contributed by atoms with Gasteiger partial charge in [-0.3, -0.25) is 4.79 Å². The van der Waals surface area contributed by atoms with Gasteiger partial charge < -0.3 is 15.4 Å². The summed E-state index contributed by atoms with van der Waals surface area (Å²) in [4.78, 5) is 11.3. The largest absolute Gasteiger partial charge is 0.380 e. The zero-order chi connectivity index (χ0) is 14.4. The van der Waals surface area contributed by atoms with Gasteiger partial charge in [0.1, 0.15) is 0 Å². The fourth-order valence-electron chi connectivity index (χ4n) is 2.64. The summed E-state index contributed by atoms with van der Waals surface area (Å²) in [5, 5.41) is 6.19. The highest BCUT2D eigenvalue weighted by atomic mass is 16.5. The summed E-state index contributed by atoms with van der Waals surface area (Å²) in [6.45, 7) is 3.89. The van der Waals surface area contributed by atoms with Crippen molar-refractivity contribution in [3.8, 4) is 0 Å². The molecule has 4 nitrogen and oxygen atoms in total. The van der Waals surface area contributed by atoms with E-state index in [9.17, 15) is 4.79 Å². The molecular formula is C16H24N2O2. The molecule has 2 atom stereocenters. The lowest BCUT2D eigenvalue weighted by atomic mass is 9.92. The van der Waals surface area contributed by atoms with Gasteiger partial charge >= 0.3 is 0 Å². The Hall–Kier alpha value is -1.55. The maximum Gasteiger partial charge on any atom is 0.224 e. The molecule has 1 aliphatic heterocycles. The minimum atomic E-state index is 0.0393. The topological polar surface area (TPSA) is 50.4 Å². The first-order valence-corrected chi connectivity index (χ1v) is 7.36. The van der Waals surface area contributed by atoms with Gasteiger partial charge in [0.05, 0.1) is 19.1 Å². The van der Waals surface area contributed by atoms with Crippen LogP contribution in [0.15, 0.2) is 24.3 Å². The van der Waals surface area contributed by atoms with E-state index in [1.807, 2.05) is 24.3 Å². The van der Waals surface area contributed by atoms with Crippen LogP contribution in [-0.2, 0) is 16.0 Å². The van der Waals surface area contributed by atoms with Crippen molar-refractivity contribution in [2.24, 2.45) is 5.92 Å². The number of ether oxygens (including phenoxy) is 1. The van der Waals surface area contributed by atoms with E-state index in [0.717, 1.165) is 30.9 Å². The number of anilines is 1. The van der Waals surface area contributed by atoms with Crippen LogP contribution in [-0.4, -0.2) is 32.2 Å². The van der Waals surface area contributed by atoms with Crippen LogP contribution in [0.3, 0.4) is 0 Å². The smallest absolute Gasteiger partial charge is 0.224 e. The molecule has 20 heavy (non-hydrogen) atoms. The molecule has 0 saturated carbocycles. The number of nitrogens with one attached hydrogen (secondary N) is 2. The Balaban J connectivity index is 1.94.